The zero-order chi connectivity index (χ0) is 10.7. The lowest BCUT2D eigenvalue weighted by Gasteiger charge is -2.28. The quantitative estimate of drug-likeness (QED) is 0.799. The second kappa shape index (κ2) is 4.61. The predicted molar refractivity (Wildman–Crippen MR) is 57.7 cm³/mol. The van der Waals surface area contributed by atoms with Gasteiger partial charge in [-0.15, -0.1) is 5.10 Å². The number of rotatable bonds is 3. The number of piperidine rings is 1. The minimum atomic E-state index is 0.554. The monoisotopic (exact) mass is 210 g/mol. The molecule has 0 spiro atoms. The Morgan fingerprint density at radius 2 is 2.40 bits per heavy atom. The highest BCUT2D eigenvalue weighted by Crippen LogP contribution is 2.21. The van der Waals surface area contributed by atoms with Crippen LogP contribution in [0.25, 0.3) is 0 Å². The molecule has 0 aromatic carbocycles. The van der Waals surface area contributed by atoms with E-state index in [2.05, 4.69) is 22.0 Å². The van der Waals surface area contributed by atoms with E-state index in [1.165, 1.54) is 12.8 Å². The molecule has 0 amide bonds. The molecule has 1 aliphatic rings. The van der Waals surface area contributed by atoms with Gasteiger partial charge in [-0.05, 0) is 18.8 Å². The first-order valence-electron chi connectivity index (χ1n) is 5.57. The van der Waals surface area contributed by atoms with Crippen LogP contribution < -0.4 is 10.6 Å². The summed E-state index contributed by atoms with van der Waals surface area (Å²) in [6, 6.07) is 0.657. The Kier molecular flexibility index (Phi) is 3.20. The number of anilines is 1. The van der Waals surface area contributed by atoms with Gasteiger partial charge in [0.25, 0.3) is 0 Å². The van der Waals surface area contributed by atoms with Crippen molar-refractivity contribution in [2.24, 2.45) is 11.7 Å². The summed E-state index contributed by atoms with van der Waals surface area (Å²) in [5.74, 6) is 1.36. The van der Waals surface area contributed by atoms with Crippen LogP contribution in [-0.4, -0.2) is 29.8 Å². The van der Waals surface area contributed by atoms with Crippen molar-refractivity contribution in [3.63, 3.8) is 0 Å². The Labute approximate surface area is 89.6 Å². The van der Waals surface area contributed by atoms with Crippen molar-refractivity contribution in [3.05, 3.63) is 5.89 Å². The van der Waals surface area contributed by atoms with Gasteiger partial charge >= 0.3 is 6.01 Å². The summed E-state index contributed by atoms with van der Waals surface area (Å²) < 4.78 is 5.54. The molecule has 1 saturated heterocycles. The zero-order valence-corrected chi connectivity index (χ0v) is 9.15. The van der Waals surface area contributed by atoms with E-state index >= 15 is 0 Å². The molecule has 0 bridgehead atoms. The molecule has 1 unspecified atom stereocenters. The molecule has 2 rings (SSSR count). The first-order chi connectivity index (χ1) is 7.29. The summed E-state index contributed by atoms with van der Waals surface area (Å²) in [5, 5.41) is 8.01. The van der Waals surface area contributed by atoms with Gasteiger partial charge in [0, 0.05) is 26.1 Å². The molecule has 5 nitrogen and oxygen atoms in total. The molecule has 1 fully saturated rings. The Morgan fingerprint density at radius 3 is 3.13 bits per heavy atom. The van der Waals surface area contributed by atoms with Crippen LogP contribution in [0.3, 0.4) is 0 Å². The van der Waals surface area contributed by atoms with Crippen molar-refractivity contribution in [1.29, 1.82) is 0 Å². The van der Waals surface area contributed by atoms with Gasteiger partial charge in [-0.25, -0.2) is 0 Å². The van der Waals surface area contributed by atoms with Crippen LogP contribution in [0.5, 0.6) is 0 Å². The van der Waals surface area contributed by atoms with Crippen molar-refractivity contribution in [2.45, 2.75) is 26.2 Å². The van der Waals surface area contributed by atoms with Crippen LogP contribution in [0.1, 0.15) is 25.7 Å². The van der Waals surface area contributed by atoms with E-state index in [1.807, 2.05) is 0 Å². The maximum absolute atomic E-state index is 5.54. The summed E-state index contributed by atoms with van der Waals surface area (Å²) in [6.45, 7) is 4.85. The third-order valence-corrected chi connectivity index (χ3v) is 2.74. The SMILES string of the molecule is CC1CCCN(c2nnc(CCN)o2)C1. The third-order valence-electron chi connectivity index (χ3n) is 2.74. The third kappa shape index (κ3) is 2.47. The Morgan fingerprint density at radius 1 is 1.53 bits per heavy atom. The molecule has 1 aromatic heterocycles. The topological polar surface area (TPSA) is 68.2 Å². The first-order valence-corrected chi connectivity index (χ1v) is 5.57. The number of hydrogen-bond donors (Lipinski definition) is 1. The number of nitrogens with zero attached hydrogens (tertiary/aromatic N) is 3. The molecular formula is C10H18N4O. The van der Waals surface area contributed by atoms with E-state index in [0.717, 1.165) is 13.1 Å². The molecule has 2 heterocycles. The van der Waals surface area contributed by atoms with Gasteiger partial charge in [0.1, 0.15) is 0 Å². The van der Waals surface area contributed by atoms with Crippen LogP contribution in [0.2, 0.25) is 0 Å². The molecule has 1 atom stereocenters. The maximum atomic E-state index is 5.54. The second-order valence-corrected chi connectivity index (χ2v) is 4.21. The van der Waals surface area contributed by atoms with Crippen LogP contribution in [0.4, 0.5) is 6.01 Å². The Bertz CT molecular complexity index is 312. The Hall–Kier alpha value is -1.10. The van der Waals surface area contributed by atoms with Gasteiger partial charge in [0.15, 0.2) is 0 Å². The second-order valence-electron chi connectivity index (χ2n) is 4.21. The molecular weight excluding hydrogens is 192 g/mol. The molecule has 0 aliphatic carbocycles. The highest BCUT2D eigenvalue weighted by atomic mass is 16.4. The number of nitrogens with two attached hydrogens (primary N) is 1. The average molecular weight is 210 g/mol. The van der Waals surface area contributed by atoms with Crippen molar-refractivity contribution in [2.75, 3.05) is 24.5 Å². The lowest BCUT2D eigenvalue weighted by atomic mass is 10.0. The maximum Gasteiger partial charge on any atom is 0.318 e. The molecule has 84 valence electrons. The van der Waals surface area contributed by atoms with Crippen LogP contribution >= 0.6 is 0 Å². The van der Waals surface area contributed by atoms with Crippen LogP contribution in [0.15, 0.2) is 4.42 Å². The summed E-state index contributed by atoms with van der Waals surface area (Å²) in [6.07, 6.45) is 3.16. The van der Waals surface area contributed by atoms with Crippen molar-refractivity contribution < 1.29 is 4.42 Å². The lowest BCUT2D eigenvalue weighted by molar-refractivity contribution is 0.408. The van der Waals surface area contributed by atoms with E-state index in [9.17, 15) is 0 Å². The Balaban J connectivity index is 2.01. The standard InChI is InChI=1S/C10H18N4O/c1-8-3-2-6-14(7-8)10-13-12-9(15-10)4-5-11/h8H,2-7,11H2,1H3. The van der Waals surface area contributed by atoms with Gasteiger partial charge in [0.2, 0.25) is 5.89 Å². The summed E-state index contributed by atoms with van der Waals surface area (Å²) in [7, 11) is 0. The fourth-order valence-electron chi connectivity index (χ4n) is 1.96. The molecule has 1 aromatic rings. The zero-order valence-electron chi connectivity index (χ0n) is 9.15. The van der Waals surface area contributed by atoms with Gasteiger partial charge in [0.05, 0.1) is 0 Å². The minimum absolute atomic E-state index is 0.554. The largest absolute Gasteiger partial charge is 0.408 e. The molecule has 1 aliphatic heterocycles. The average Bonchev–Trinajstić information content (AvgIpc) is 2.67. The van der Waals surface area contributed by atoms with Gasteiger partial charge in [-0.3, -0.25) is 0 Å². The van der Waals surface area contributed by atoms with E-state index < -0.39 is 0 Å². The fourth-order valence-corrected chi connectivity index (χ4v) is 1.96. The normalized spacial score (nSPS) is 22.0. The van der Waals surface area contributed by atoms with Crippen molar-refractivity contribution in [3.8, 4) is 0 Å². The van der Waals surface area contributed by atoms with Gasteiger partial charge in [-0.1, -0.05) is 12.0 Å². The number of aromatic nitrogens is 2. The van der Waals surface area contributed by atoms with Crippen molar-refractivity contribution >= 4 is 6.01 Å². The van der Waals surface area contributed by atoms with Crippen LogP contribution in [-0.2, 0) is 6.42 Å². The van der Waals surface area contributed by atoms with E-state index in [0.29, 0.717) is 30.8 Å². The highest BCUT2D eigenvalue weighted by molar-refractivity contribution is 5.24. The lowest BCUT2D eigenvalue weighted by Crippen LogP contribution is -2.34. The van der Waals surface area contributed by atoms with Crippen LogP contribution in [0, 0.1) is 5.92 Å². The summed E-state index contributed by atoms with van der Waals surface area (Å²) in [4.78, 5) is 2.17. The molecule has 5 heteroatoms. The van der Waals surface area contributed by atoms with Crippen molar-refractivity contribution in [1.82, 2.24) is 10.2 Å². The molecule has 2 N–H and O–H groups in total. The molecule has 15 heavy (non-hydrogen) atoms. The molecule has 0 radical (unpaired) electrons. The van der Waals surface area contributed by atoms with E-state index in [1.54, 1.807) is 0 Å². The predicted octanol–water partition coefficient (Wildman–Crippen LogP) is 0.807. The summed E-state index contributed by atoms with van der Waals surface area (Å²) >= 11 is 0. The molecule has 0 saturated carbocycles. The minimum Gasteiger partial charge on any atom is -0.408 e. The van der Waals surface area contributed by atoms with Gasteiger partial charge < -0.3 is 15.1 Å². The van der Waals surface area contributed by atoms with Gasteiger partial charge in [-0.2, -0.15) is 0 Å². The number of hydrogen-bond acceptors (Lipinski definition) is 5. The van der Waals surface area contributed by atoms with E-state index in [-0.39, 0.29) is 0 Å². The first kappa shape index (κ1) is 10.4. The van der Waals surface area contributed by atoms with E-state index in [4.69, 9.17) is 10.2 Å². The highest BCUT2D eigenvalue weighted by Gasteiger charge is 2.20. The smallest absolute Gasteiger partial charge is 0.318 e. The summed E-state index contributed by atoms with van der Waals surface area (Å²) in [5.41, 5.74) is 5.43. The fraction of sp³-hybridized carbons (Fsp3) is 0.800.